The molecule has 7 nitrogen and oxygen atoms in total. The van der Waals surface area contributed by atoms with Crippen molar-refractivity contribution in [2.45, 2.75) is 46.1 Å². The summed E-state index contributed by atoms with van der Waals surface area (Å²) in [6.45, 7) is 11.4. The Morgan fingerprint density at radius 1 is 0.818 bits per heavy atom. The highest BCUT2D eigenvalue weighted by molar-refractivity contribution is 6.51. The van der Waals surface area contributed by atoms with Gasteiger partial charge in [0.1, 0.15) is 5.75 Å². The van der Waals surface area contributed by atoms with Crippen LogP contribution in [-0.4, -0.2) is 28.1 Å². The molecular weight excluding hydrogens is 544 g/mol. The number of aliphatic imine (C=N–C) groups is 2. The van der Waals surface area contributed by atoms with Crippen LogP contribution in [0.2, 0.25) is 0 Å². The molecule has 0 saturated heterocycles. The van der Waals surface area contributed by atoms with Crippen molar-refractivity contribution in [2.75, 3.05) is 16.8 Å². The Morgan fingerprint density at radius 2 is 1.52 bits per heavy atom. The monoisotopic (exact) mass is 580 g/mol. The van der Waals surface area contributed by atoms with E-state index in [1.807, 2.05) is 60.1 Å². The summed E-state index contributed by atoms with van der Waals surface area (Å²) in [7, 11) is 0. The van der Waals surface area contributed by atoms with E-state index in [1.165, 1.54) is 5.56 Å². The first-order valence-electron chi connectivity index (χ1n) is 15.1. The maximum atomic E-state index is 5.96. The summed E-state index contributed by atoms with van der Waals surface area (Å²) in [5.74, 6) is 2.94. The highest BCUT2D eigenvalue weighted by Crippen LogP contribution is 2.48. The Morgan fingerprint density at radius 3 is 2.27 bits per heavy atom. The number of nitrogens with one attached hydrogen (secondary N) is 1. The van der Waals surface area contributed by atoms with E-state index in [9.17, 15) is 0 Å². The fourth-order valence-corrected chi connectivity index (χ4v) is 6.01. The summed E-state index contributed by atoms with van der Waals surface area (Å²) in [6.07, 6.45) is 0. The van der Waals surface area contributed by atoms with Crippen LogP contribution in [-0.2, 0) is 5.41 Å². The first kappa shape index (κ1) is 27.7. The van der Waals surface area contributed by atoms with Crippen LogP contribution in [0.5, 0.6) is 5.75 Å². The first-order chi connectivity index (χ1) is 21.3. The van der Waals surface area contributed by atoms with E-state index in [0.29, 0.717) is 12.4 Å². The Hall–Kier alpha value is -5.17. The first-order valence-corrected chi connectivity index (χ1v) is 15.1. The van der Waals surface area contributed by atoms with Gasteiger partial charge in [-0.15, -0.1) is 0 Å². The van der Waals surface area contributed by atoms with Crippen LogP contribution in [0.3, 0.4) is 0 Å². The summed E-state index contributed by atoms with van der Waals surface area (Å²) in [6, 6.07) is 35.2. The summed E-state index contributed by atoms with van der Waals surface area (Å²) in [5, 5.41) is 8.65. The summed E-state index contributed by atoms with van der Waals surface area (Å²) in [5.41, 5.74) is 8.17. The molecule has 4 aromatic carbocycles. The van der Waals surface area contributed by atoms with Crippen molar-refractivity contribution in [3.63, 3.8) is 0 Å². The van der Waals surface area contributed by atoms with Gasteiger partial charge < -0.3 is 15.0 Å². The minimum atomic E-state index is -0.181. The lowest BCUT2D eigenvalue weighted by molar-refractivity contribution is 0.342. The van der Waals surface area contributed by atoms with Crippen LogP contribution < -0.4 is 15.0 Å². The smallest absolute Gasteiger partial charge is 0.179 e. The van der Waals surface area contributed by atoms with Crippen LogP contribution in [0.15, 0.2) is 113 Å². The van der Waals surface area contributed by atoms with Crippen molar-refractivity contribution < 1.29 is 4.74 Å². The average Bonchev–Trinajstić information content (AvgIpc) is 3.37. The zero-order chi connectivity index (χ0) is 30.4. The number of hydrogen-bond donors (Lipinski definition) is 1. The molecule has 0 aliphatic carbocycles. The molecule has 0 spiro atoms. The number of hydrogen-bond acceptors (Lipinski definition) is 6. The van der Waals surface area contributed by atoms with Gasteiger partial charge in [0, 0.05) is 5.56 Å². The molecule has 220 valence electrons. The number of nitrogens with zero attached hydrogens (tertiary/aromatic N) is 5. The van der Waals surface area contributed by atoms with Crippen LogP contribution in [0.4, 0.5) is 22.9 Å². The SMILES string of the molecule is CCOc1ccccc1NC1=Nc2ccccc2N2C1=Nc1c(c(C)nn1-c1ccccc1)[C@@H]2c1ccc(C(C)(C)C)cc1. The van der Waals surface area contributed by atoms with Gasteiger partial charge in [0.15, 0.2) is 17.5 Å². The molecule has 7 rings (SSSR count). The number of aromatic nitrogens is 2. The van der Waals surface area contributed by atoms with E-state index in [4.69, 9.17) is 19.8 Å². The fraction of sp³-hybridized carbons (Fsp3) is 0.216. The molecule has 5 aromatic rings. The fourth-order valence-electron chi connectivity index (χ4n) is 6.01. The lowest BCUT2D eigenvalue weighted by atomic mass is 9.85. The van der Waals surface area contributed by atoms with Crippen LogP contribution in [0.25, 0.3) is 5.69 Å². The predicted molar refractivity (Wildman–Crippen MR) is 180 cm³/mol. The Kier molecular flexibility index (Phi) is 6.81. The quantitative estimate of drug-likeness (QED) is 0.226. The zero-order valence-corrected chi connectivity index (χ0v) is 25.7. The molecule has 0 bridgehead atoms. The second kappa shape index (κ2) is 10.8. The summed E-state index contributed by atoms with van der Waals surface area (Å²) < 4.78 is 7.92. The van der Waals surface area contributed by atoms with Crippen molar-refractivity contribution in [1.82, 2.24) is 9.78 Å². The predicted octanol–water partition coefficient (Wildman–Crippen LogP) is 8.67. The van der Waals surface area contributed by atoms with Gasteiger partial charge in [-0.25, -0.2) is 14.7 Å². The highest BCUT2D eigenvalue weighted by atomic mass is 16.5. The third-order valence-corrected chi connectivity index (χ3v) is 8.17. The number of amidine groups is 2. The van der Waals surface area contributed by atoms with Crippen molar-refractivity contribution in [1.29, 1.82) is 0 Å². The van der Waals surface area contributed by atoms with E-state index in [1.54, 1.807) is 0 Å². The number of ether oxygens (including phenoxy) is 1. The summed E-state index contributed by atoms with van der Waals surface area (Å²) in [4.78, 5) is 12.8. The standard InChI is InChI=1S/C37H36N6O/c1-6-44-31-19-13-11-17-29(31)39-34-36-40-35-32(24(2)41-43(35)27-14-8-7-9-15-27)33(25-20-22-26(23-21-25)37(3,4)5)42(36)30-18-12-10-16-28(30)38-34/h7-23,33H,6H2,1-5H3,(H,38,39)/t33-/m0/s1. The molecule has 1 aromatic heterocycles. The third kappa shape index (κ3) is 4.74. The minimum Gasteiger partial charge on any atom is -0.492 e. The highest BCUT2D eigenvalue weighted by Gasteiger charge is 2.41. The lowest BCUT2D eigenvalue weighted by Gasteiger charge is -2.40. The van der Waals surface area contributed by atoms with Crippen molar-refractivity contribution in [2.24, 2.45) is 9.98 Å². The number of fused-ring (bicyclic) bond motifs is 4. The number of benzene rings is 4. The number of anilines is 2. The molecule has 1 atom stereocenters. The Labute approximate surface area is 258 Å². The maximum Gasteiger partial charge on any atom is 0.179 e. The largest absolute Gasteiger partial charge is 0.492 e. The molecule has 0 amide bonds. The normalized spacial score (nSPS) is 15.5. The van der Waals surface area contributed by atoms with Crippen LogP contribution in [0.1, 0.15) is 56.1 Å². The van der Waals surface area contributed by atoms with E-state index < -0.39 is 0 Å². The van der Waals surface area contributed by atoms with Crippen molar-refractivity contribution >= 4 is 34.6 Å². The van der Waals surface area contributed by atoms with E-state index in [-0.39, 0.29) is 11.5 Å². The van der Waals surface area contributed by atoms with Gasteiger partial charge in [-0.05, 0) is 66.8 Å². The average molecular weight is 581 g/mol. The molecule has 7 heteroatoms. The molecule has 44 heavy (non-hydrogen) atoms. The Balaban J connectivity index is 1.47. The molecule has 3 heterocycles. The second-order valence-electron chi connectivity index (χ2n) is 12.2. The molecule has 0 radical (unpaired) electrons. The van der Waals surface area contributed by atoms with E-state index >= 15 is 0 Å². The maximum absolute atomic E-state index is 5.96. The third-order valence-electron chi connectivity index (χ3n) is 8.17. The second-order valence-corrected chi connectivity index (χ2v) is 12.2. The lowest BCUT2D eigenvalue weighted by Crippen LogP contribution is -2.46. The van der Waals surface area contributed by atoms with Crippen molar-refractivity contribution in [3.05, 3.63) is 126 Å². The Bertz CT molecular complexity index is 1900. The number of para-hydroxylation sites is 5. The molecule has 1 N–H and O–H groups in total. The molecule has 2 aliphatic rings. The van der Waals surface area contributed by atoms with Gasteiger partial charge in [0.2, 0.25) is 0 Å². The van der Waals surface area contributed by atoms with Crippen LogP contribution in [0, 0.1) is 6.92 Å². The molecule has 2 aliphatic heterocycles. The van der Waals surface area contributed by atoms with Gasteiger partial charge in [0.25, 0.3) is 0 Å². The zero-order valence-electron chi connectivity index (χ0n) is 25.7. The topological polar surface area (TPSA) is 67.0 Å². The molecule has 0 unspecified atom stereocenters. The summed E-state index contributed by atoms with van der Waals surface area (Å²) >= 11 is 0. The van der Waals surface area contributed by atoms with Gasteiger partial charge in [-0.2, -0.15) is 5.10 Å². The number of rotatable bonds is 5. The van der Waals surface area contributed by atoms with Gasteiger partial charge >= 0.3 is 0 Å². The van der Waals surface area contributed by atoms with E-state index in [0.717, 1.165) is 57.0 Å². The van der Waals surface area contributed by atoms with E-state index in [2.05, 4.69) is 92.5 Å². The van der Waals surface area contributed by atoms with Gasteiger partial charge in [-0.3, -0.25) is 0 Å². The number of aryl methyl sites for hydroxylation is 1. The molecular formula is C37H36N6O. The minimum absolute atomic E-state index is 0.0480. The van der Waals surface area contributed by atoms with Crippen molar-refractivity contribution in [3.8, 4) is 11.4 Å². The van der Waals surface area contributed by atoms with Gasteiger partial charge in [-0.1, -0.05) is 87.5 Å². The molecule has 0 saturated carbocycles. The van der Waals surface area contributed by atoms with Crippen LogP contribution >= 0.6 is 0 Å². The van der Waals surface area contributed by atoms with Gasteiger partial charge in [0.05, 0.1) is 41.1 Å². The molecule has 0 fully saturated rings.